The van der Waals surface area contributed by atoms with Crippen molar-refractivity contribution in [1.29, 1.82) is 0 Å². The fourth-order valence-corrected chi connectivity index (χ4v) is 2.14. The third-order valence-electron chi connectivity index (χ3n) is 2.36. The Morgan fingerprint density at radius 2 is 2.05 bits per heavy atom. The highest BCUT2D eigenvalue weighted by atomic mass is 32.2. The van der Waals surface area contributed by atoms with Crippen LogP contribution in [0.2, 0.25) is 0 Å². The van der Waals surface area contributed by atoms with Gasteiger partial charge in [-0.15, -0.1) is 0 Å². The Morgan fingerprint density at radius 3 is 2.63 bits per heavy atom. The van der Waals surface area contributed by atoms with Crippen molar-refractivity contribution in [2.24, 2.45) is 0 Å². The van der Waals surface area contributed by atoms with Gasteiger partial charge in [0.15, 0.2) is 9.84 Å². The summed E-state index contributed by atoms with van der Waals surface area (Å²) < 4.78 is 28.0. The molecule has 6 nitrogen and oxygen atoms in total. The second-order valence-electron chi connectivity index (χ2n) is 4.02. The van der Waals surface area contributed by atoms with E-state index in [0.717, 1.165) is 6.26 Å². The van der Waals surface area contributed by atoms with Crippen LogP contribution in [-0.4, -0.2) is 40.3 Å². The fourth-order valence-electron chi connectivity index (χ4n) is 1.45. The van der Waals surface area contributed by atoms with E-state index in [2.05, 4.69) is 5.32 Å². The lowest BCUT2D eigenvalue weighted by Crippen LogP contribution is -2.27. The maximum Gasteiger partial charge on any atom is 0.251 e. The summed E-state index contributed by atoms with van der Waals surface area (Å²) in [5.41, 5.74) is 6.05. The largest absolute Gasteiger partial charge is 0.399 e. The number of rotatable bonds is 6. The summed E-state index contributed by atoms with van der Waals surface area (Å²) >= 11 is 0. The fraction of sp³-hybridized carbons (Fsp3) is 0.417. The van der Waals surface area contributed by atoms with Crippen LogP contribution in [0.25, 0.3) is 0 Å². The van der Waals surface area contributed by atoms with Gasteiger partial charge in [0.25, 0.3) is 5.91 Å². The van der Waals surface area contributed by atoms with Gasteiger partial charge in [0, 0.05) is 30.7 Å². The molecule has 0 aliphatic heterocycles. The molecule has 0 bridgehead atoms. The molecule has 0 aliphatic carbocycles. The van der Waals surface area contributed by atoms with Gasteiger partial charge in [0.1, 0.15) is 0 Å². The normalized spacial score (nSPS) is 11.3. The number of carbonyl (C=O) groups excluding carboxylic acids is 1. The number of benzene rings is 1. The number of nitrogens with two attached hydrogens (primary N) is 1. The number of sulfone groups is 1. The van der Waals surface area contributed by atoms with Crippen molar-refractivity contribution >= 4 is 21.4 Å². The SMILES string of the molecule is CCOCCNC(=O)c1cc(N)cc(S(C)(=O)=O)c1. The van der Waals surface area contributed by atoms with Gasteiger partial charge in [-0.05, 0) is 25.1 Å². The molecule has 0 heterocycles. The molecule has 0 saturated carbocycles. The standard InChI is InChI=1S/C12H18N2O4S/c1-3-18-5-4-14-12(15)9-6-10(13)8-11(7-9)19(2,16)17/h6-8H,3-5,13H2,1-2H3,(H,14,15). The van der Waals surface area contributed by atoms with Crippen LogP contribution in [-0.2, 0) is 14.6 Å². The number of ether oxygens (including phenoxy) is 1. The highest BCUT2D eigenvalue weighted by Gasteiger charge is 2.13. The van der Waals surface area contributed by atoms with E-state index in [4.69, 9.17) is 10.5 Å². The molecule has 0 saturated heterocycles. The Kier molecular flexibility index (Phi) is 5.31. The molecule has 7 heteroatoms. The van der Waals surface area contributed by atoms with E-state index < -0.39 is 9.84 Å². The number of amides is 1. The number of nitrogen functional groups attached to an aromatic ring is 1. The van der Waals surface area contributed by atoms with Crippen molar-refractivity contribution in [1.82, 2.24) is 5.32 Å². The van der Waals surface area contributed by atoms with E-state index in [-0.39, 0.29) is 22.1 Å². The molecule has 0 aliphatic rings. The first-order valence-corrected chi connectivity index (χ1v) is 7.70. The molecule has 1 amide bonds. The van der Waals surface area contributed by atoms with E-state index in [9.17, 15) is 13.2 Å². The molecule has 0 aromatic heterocycles. The zero-order valence-electron chi connectivity index (χ0n) is 11.0. The summed E-state index contributed by atoms with van der Waals surface area (Å²) in [5.74, 6) is -0.378. The third-order valence-corrected chi connectivity index (χ3v) is 3.45. The van der Waals surface area contributed by atoms with Crippen LogP contribution >= 0.6 is 0 Å². The number of hydrogen-bond donors (Lipinski definition) is 2. The first-order valence-electron chi connectivity index (χ1n) is 5.81. The lowest BCUT2D eigenvalue weighted by Gasteiger charge is -2.08. The molecule has 0 fully saturated rings. The molecule has 0 spiro atoms. The van der Waals surface area contributed by atoms with Gasteiger partial charge in [0.2, 0.25) is 0 Å². The zero-order valence-corrected chi connectivity index (χ0v) is 11.8. The summed E-state index contributed by atoms with van der Waals surface area (Å²) in [5, 5.41) is 2.63. The van der Waals surface area contributed by atoms with Crippen molar-refractivity contribution in [2.45, 2.75) is 11.8 Å². The van der Waals surface area contributed by atoms with Crippen LogP contribution in [0.3, 0.4) is 0 Å². The van der Waals surface area contributed by atoms with E-state index in [1.807, 2.05) is 6.92 Å². The minimum Gasteiger partial charge on any atom is -0.399 e. The van der Waals surface area contributed by atoms with E-state index in [0.29, 0.717) is 19.8 Å². The van der Waals surface area contributed by atoms with Crippen LogP contribution in [0.5, 0.6) is 0 Å². The van der Waals surface area contributed by atoms with E-state index >= 15 is 0 Å². The predicted octanol–water partition coefficient (Wildman–Crippen LogP) is 0.439. The average Bonchev–Trinajstić information content (AvgIpc) is 2.32. The van der Waals surface area contributed by atoms with Gasteiger partial charge in [-0.3, -0.25) is 4.79 Å². The van der Waals surface area contributed by atoms with Gasteiger partial charge in [0.05, 0.1) is 11.5 Å². The van der Waals surface area contributed by atoms with Crippen LogP contribution in [0.4, 0.5) is 5.69 Å². The van der Waals surface area contributed by atoms with Crippen molar-refractivity contribution in [2.75, 3.05) is 31.7 Å². The first kappa shape index (κ1) is 15.5. The molecule has 106 valence electrons. The number of carbonyl (C=O) groups is 1. The molecule has 1 rings (SSSR count). The van der Waals surface area contributed by atoms with Crippen molar-refractivity contribution < 1.29 is 17.9 Å². The average molecular weight is 286 g/mol. The van der Waals surface area contributed by atoms with Crippen LogP contribution in [0, 0.1) is 0 Å². The Hall–Kier alpha value is -1.60. The Labute approximate surface area is 112 Å². The summed E-state index contributed by atoms with van der Waals surface area (Å²) in [6, 6.07) is 4.07. The van der Waals surface area contributed by atoms with Gasteiger partial charge < -0.3 is 15.8 Å². The molecule has 0 radical (unpaired) electrons. The van der Waals surface area contributed by atoms with Gasteiger partial charge >= 0.3 is 0 Å². The van der Waals surface area contributed by atoms with Crippen molar-refractivity contribution in [3.8, 4) is 0 Å². The molecule has 3 N–H and O–H groups in total. The zero-order chi connectivity index (χ0) is 14.5. The first-order chi connectivity index (χ1) is 8.84. The number of hydrogen-bond acceptors (Lipinski definition) is 5. The monoisotopic (exact) mass is 286 g/mol. The van der Waals surface area contributed by atoms with Crippen LogP contribution in [0.1, 0.15) is 17.3 Å². The smallest absolute Gasteiger partial charge is 0.251 e. The Bertz CT molecular complexity index is 555. The summed E-state index contributed by atoms with van der Waals surface area (Å²) in [4.78, 5) is 11.9. The highest BCUT2D eigenvalue weighted by molar-refractivity contribution is 7.90. The lowest BCUT2D eigenvalue weighted by molar-refractivity contribution is 0.0922. The van der Waals surface area contributed by atoms with Crippen molar-refractivity contribution in [3.05, 3.63) is 23.8 Å². The number of anilines is 1. The number of nitrogens with one attached hydrogen (secondary N) is 1. The Morgan fingerprint density at radius 1 is 1.37 bits per heavy atom. The lowest BCUT2D eigenvalue weighted by atomic mass is 10.2. The maximum absolute atomic E-state index is 11.8. The molecule has 19 heavy (non-hydrogen) atoms. The van der Waals surface area contributed by atoms with Gasteiger partial charge in [-0.25, -0.2) is 8.42 Å². The molecule has 0 unspecified atom stereocenters. The third kappa shape index (κ3) is 4.88. The van der Waals surface area contributed by atoms with Gasteiger partial charge in [-0.1, -0.05) is 0 Å². The minimum atomic E-state index is -3.40. The summed E-state index contributed by atoms with van der Waals surface area (Å²) in [7, 11) is -3.40. The van der Waals surface area contributed by atoms with Crippen LogP contribution in [0.15, 0.2) is 23.1 Å². The predicted molar refractivity (Wildman–Crippen MR) is 72.8 cm³/mol. The highest BCUT2D eigenvalue weighted by Crippen LogP contribution is 2.16. The topological polar surface area (TPSA) is 98.5 Å². The Balaban J connectivity index is 2.83. The van der Waals surface area contributed by atoms with Crippen molar-refractivity contribution in [3.63, 3.8) is 0 Å². The molecule has 1 aromatic carbocycles. The van der Waals surface area contributed by atoms with E-state index in [1.165, 1.54) is 18.2 Å². The van der Waals surface area contributed by atoms with Gasteiger partial charge in [-0.2, -0.15) is 0 Å². The van der Waals surface area contributed by atoms with Crippen LogP contribution < -0.4 is 11.1 Å². The maximum atomic E-state index is 11.8. The molecule has 1 aromatic rings. The van der Waals surface area contributed by atoms with E-state index in [1.54, 1.807) is 0 Å². The minimum absolute atomic E-state index is 0.0301. The second kappa shape index (κ2) is 6.53. The second-order valence-corrected chi connectivity index (χ2v) is 6.03. The molecular weight excluding hydrogens is 268 g/mol. The quantitative estimate of drug-likeness (QED) is 0.584. The summed E-state index contributed by atoms with van der Waals surface area (Å²) in [6.07, 6.45) is 1.07. The molecular formula is C12H18N2O4S. The molecule has 0 atom stereocenters. The summed E-state index contributed by atoms with van der Waals surface area (Å²) in [6.45, 7) is 3.20.